The molecule has 0 bridgehead atoms. The first kappa shape index (κ1) is 17.3. The highest BCUT2D eigenvalue weighted by Crippen LogP contribution is 2.43. The van der Waals surface area contributed by atoms with Crippen LogP contribution in [0.3, 0.4) is 0 Å². The molecule has 0 spiro atoms. The van der Waals surface area contributed by atoms with Gasteiger partial charge in [0.25, 0.3) is 0 Å². The van der Waals surface area contributed by atoms with Gasteiger partial charge in [0, 0.05) is 12.0 Å². The first-order valence-electron chi connectivity index (χ1n) is 8.38. The Bertz CT molecular complexity index is 540. The number of hydrogen-bond acceptors (Lipinski definition) is 2. The average molecular weight is 317 g/mol. The van der Waals surface area contributed by atoms with Crippen LogP contribution >= 0.6 is 0 Å². The van der Waals surface area contributed by atoms with Crippen molar-refractivity contribution in [2.45, 2.75) is 51.0 Å². The van der Waals surface area contributed by atoms with Crippen LogP contribution in [-0.2, 0) is 10.2 Å². The zero-order valence-corrected chi connectivity index (χ0v) is 14.0. The summed E-state index contributed by atoms with van der Waals surface area (Å²) >= 11 is 0. The molecule has 1 aromatic carbocycles. The van der Waals surface area contributed by atoms with Gasteiger partial charge in [-0.05, 0) is 24.3 Å². The van der Waals surface area contributed by atoms with Crippen LogP contribution in [0.25, 0.3) is 0 Å². The van der Waals surface area contributed by atoms with Crippen molar-refractivity contribution in [3.8, 4) is 0 Å². The zero-order chi connectivity index (χ0) is 16.9. The van der Waals surface area contributed by atoms with Crippen molar-refractivity contribution < 1.29 is 9.59 Å². The predicted octanol–water partition coefficient (Wildman–Crippen LogP) is 2.31. The van der Waals surface area contributed by atoms with E-state index < -0.39 is 12.1 Å². The van der Waals surface area contributed by atoms with Crippen LogP contribution in [0.15, 0.2) is 30.3 Å². The molecule has 5 heteroatoms. The number of nitrogens with two attached hydrogens (primary N) is 1. The van der Waals surface area contributed by atoms with Gasteiger partial charge < -0.3 is 16.4 Å². The molecule has 1 saturated carbocycles. The van der Waals surface area contributed by atoms with E-state index in [-0.39, 0.29) is 17.2 Å². The third kappa shape index (κ3) is 4.03. The molecule has 5 nitrogen and oxygen atoms in total. The molecule has 126 valence electrons. The van der Waals surface area contributed by atoms with Gasteiger partial charge in [0.2, 0.25) is 5.91 Å². The van der Waals surface area contributed by atoms with Crippen molar-refractivity contribution in [2.75, 3.05) is 6.54 Å². The fourth-order valence-electron chi connectivity index (χ4n) is 3.18. The molecule has 2 atom stereocenters. The smallest absolute Gasteiger partial charge is 0.312 e. The van der Waals surface area contributed by atoms with Crippen molar-refractivity contribution in [1.82, 2.24) is 10.6 Å². The summed E-state index contributed by atoms with van der Waals surface area (Å²) in [7, 11) is 0. The van der Waals surface area contributed by atoms with Crippen LogP contribution in [0.4, 0.5) is 4.79 Å². The fraction of sp³-hybridized carbons (Fsp3) is 0.556. The van der Waals surface area contributed by atoms with E-state index >= 15 is 0 Å². The average Bonchev–Trinajstić information content (AvgIpc) is 2.51. The quantitative estimate of drug-likeness (QED) is 0.721. The lowest BCUT2D eigenvalue weighted by molar-refractivity contribution is -0.124. The Morgan fingerprint density at radius 2 is 1.91 bits per heavy atom. The monoisotopic (exact) mass is 317 g/mol. The molecule has 2 rings (SSSR count). The Labute approximate surface area is 138 Å². The molecule has 1 aliphatic carbocycles. The summed E-state index contributed by atoms with van der Waals surface area (Å²) in [6, 6.07) is 9.08. The van der Waals surface area contributed by atoms with Gasteiger partial charge in [0.05, 0.1) is 0 Å². The molecule has 1 aromatic rings. The maximum Gasteiger partial charge on any atom is 0.312 e. The van der Waals surface area contributed by atoms with Gasteiger partial charge in [-0.3, -0.25) is 4.79 Å². The highest BCUT2D eigenvalue weighted by atomic mass is 16.2. The number of hydrogen-bond donors (Lipinski definition) is 3. The second-order valence-electron chi connectivity index (χ2n) is 6.59. The summed E-state index contributed by atoms with van der Waals surface area (Å²) < 4.78 is 0. The number of primary amides is 1. The summed E-state index contributed by atoms with van der Waals surface area (Å²) in [5.41, 5.74) is 6.51. The van der Waals surface area contributed by atoms with Gasteiger partial charge in [-0.25, -0.2) is 4.79 Å². The first-order chi connectivity index (χ1) is 11.0. The molecule has 1 aliphatic rings. The van der Waals surface area contributed by atoms with Gasteiger partial charge in [-0.2, -0.15) is 0 Å². The predicted molar refractivity (Wildman–Crippen MR) is 90.9 cm³/mol. The number of benzene rings is 1. The molecule has 0 aromatic heterocycles. The van der Waals surface area contributed by atoms with E-state index in [4.69, 9.17) is 5.73 Å². The molecular formula is C18H27N3O2. The van der Waals surface area contributed by atoms with E-state index in [2.05, 4.69) is 22.8 Å². The minimum absolute atomic E-state index is 0.0314. The number of rotatable bonds is 7. The van der Waals surface area contributed by atoms with Crippen LogP contribution in [0.2, 0.25) is 0 Å². The topological polar surface area (TPSA) is 84.2 Å². The van der Waals surface area contributed by atoms with Gasteiger partial charge in [0.15, 0.2) is 0 Å². The lowest BCUT2D eigenvalue weighted by Crippen LogP contribution is -2.54. The van der Waals surface area contributed by atoms with Gasteiger partial charge in [-0.15, -0.1) is 0 Å². The van der Waals surface area contributed by atoms with Crippen LogP contribution < -0.4 is 16.4 Å². The third-order valence-corrected chi connectivity index (χ3v) is 5.09. The van der Waals surface area contributed by atoms with E-state index in [9.17, 15) is 9.59 Å². The van der Waals surface area contributed by atoms with Crippen LogP contribution in [-0.4, -0.2) is 24.5 Å². The molecule has 3 amide bonds. The normalized spacial score (nSPS) is 18.3. The van der Waals surface area contributed by atoms with Gasteiger partial charge >= 0.3 is 6.03 Å². The molecular weight excluding hydrogens is 290 g/mol. The van der Waals surface area contributed by atoms with E-state index in [1.54, 1.807) is 0 Å². The number of nitrogens with one attached hydrogen (secondary N) is 2. The van der Waals surface area contributed by atoms with E-state index in [1.165, 1.54) is 12.0 Å². The second kappa shape index (κ2) is 7.49. The van der Waals surface area contributed by atoms with Crippen molar-refractivity contribution in [3.05, 3.63) is 35.9 Å². The number of carbonyl (C=O) groups is 2. The Kier molecular flexibility index (Phi) is 5.64. The third-order valence-electron chi connectivity index (χ3n) is 5.09. The Balaban J connectivity index is 2.02. The molecule has 23 heavy (non-hydrogen) atoms. The second-order valence-corrected chi connectivity index (χ2v) is 6.59. The Hall–Kier alpha value is -2.04. The summed E-state index contributed by atoms with van der Waals surface area (Å²) in [4.78, 5) is 23.7. The number of carbonyl (C=O) groups excluding carboxylic acids is 2. The fourth-order valence-corrected chi connectivity index (χ4v) is 3.18. The maximum atomic E-state index is 12.5. The minimum atomic E-state index is -0.660. The standard InChI is InChI=1S/C18H27N3O2/c1-3-13(2)15(21-17(19)23)16(22)20-12-18(10-7-11-18)14-8-5-4-6-9-14/h4-6,8-9,13,15H,3,7,10-12H2,1-2H3,(H,20,22)(H3,19,21,23). The van der Waals surface area contributed by atoms with Gasteiger partial charge in [-0.1, -0.05) is 57.0 Å². The summed E-state index contributed by atoms with van der Waals surface area (Å²) in [6.07, 6.45) is 4.13. The van der Waals surface area contributed by atoms with Crippen LogP contribution in [0.1, 0.15) is 45.1 Å². The Morgan fingerprint density at radius 1 is 1.26 bits per heavy atom. The number of amides is 3. The largest absolute Gasteiger partial charge is 0.353 e. The molecule has 0 saturated heterocycles. The van der Waals surface area contributed by atoms with E-state index in [1.807, 2.05) is 32.0 Å². The molecule has 2 unspecified atom stereocenters. The van der Waals surface area contributed by atoms with Crippen molar-refractivity contribution in [1.29, 1.82) is 0 Å². The minimum Gasteiger partial charge on any atom is -0.353 e. The lowest BCUT2D eigenvalue weighted by Gasteiger charge is -2.43. The summed E-state index contributed by atoms with van der Waals surface area (Å²) in [5.74, 6) is -0.114. The van der Waals surface area contributed by atoms with Crippen molar-refractivity contribution in [3.63, 3.8) is 0 Å². The van der Waals surface area contributed by atoms with Crippen LogP contribution in [0, 0.1) is 5.92 Å². The Morgan fingerprint density at radius 3 is 2.39 bits per heavy atom. The molecule has 0 aliphatic heterocycles. The van der Waals surface area contributed by atoms with Crippen LogP contribution in [0.5, 0.6) is 0 Å². The zero-order valence-electron chi connectivity index (χ0n) is 14.0. The van der Waals surface area contributed by atoms with E-state index in [0.29, 0.717) is 6.54 Å². The lowest BCUT2D eigenvalue weighted by atomic mass is 9.64. The SMILES string of the molecule is CCC(C)C(NC(N)=O)C(=O)NCC1(c2ccccc2)CCC1. The highest BCUT2D eigenvalue weighted by Gasteiger charge is 2.39. The van der Waals surface area contributed by atoms with Crippen molar-refractivity contribution in [2.24, 2.45) is 11.7 Å². The maximum absolute atomic E-state index is 12.5. The number of urea groups is 1. The highest BCUT2D eigenvalue weighted by molar-refractivity contribution is 5.86. The molecule has 0 radical (unpaired) electrons. The van der Waals surface area contributed by atoms with Crippen molar-refractivity contribution >= 4 is 11.9 Å². The summed E-state index contributed by atoms with van der Waals surface area (Å²) in [5, 5.41) is 5.60. The molecule has 0 heterocycles. The molecule has 4 N–H and O–H groups in total. The molecule has 1 fully saturated rings. The summed E-state index contributed by atoms with van der Waals surface area (Å²) in [6.45, 7) is 4.53. The van der Waals surface area contributed by atoms with Gasteiger partial charge in [0.1, 0.15) is 6.04 Å². The van der Waals surface area contributed by atoms with E-state index in [0.717, 1.165) is 19.3 Å². The first-order valence-corrected chi connectivity index (χ1v) is 8.38.